The van der Waals surface area contributed by atoms with E-state index >= 15 is 0 Å². The van der Waals surface area contributed by atoms with Crippen LogP contribution < -0.4 is 0 Å². The van der Waals surface area contributed by atoms with E-state index in [1.165, 1.54) is 0 Å². The van der Waals surface area contributed by atoms with Gasteiger partial charge in [0, 0.05) is 6.54 Å². The molecule has 1 heterocycles. The third-order valence-electron chi connectivity index (χ3n) is 3.53. The predicted octanol–water partition coefficient (Wildman–Crippen LogP) is 2.20. The third kappa shape index (κ3) is 1.97. The topological polar surface area (TPSA) is 60.0 Å². The van der Waals surface area contributed by atoms with Crippen molar-refractivity contribution >= 4 is 0 Å². The van der Waals surface area contributed by atoms with E-state index < -0.39 is 5.54 Å². The van der Waals surface area contributed by atoms with E-state index in [1.54, 1.807) is 5.06 Å². The Morgan fingerprint density at radius 3 is 2.72 bits per heavy atom. The summed E-state index contributed by atoms with van der Waals surface area (Å²) < 4.78 is 0. The zero-order valence-corrected chi connectivity index (χ0v) is 10.3. The van der Waals surface area contributed by atoms with Crippen molar-refractivity contribution in [1.29, 1.82) is 10.5 Å². The van der Waals surface area contributed by atoms with Gasteiger partial charge in [0.05, 0.1) is 36.6 Å². The fourth-order valence-corrected chi connectivity index (χ4v) is 2.37. The Morgan fingerprint density at radius 2 is 2.11 bits per heavy atom. The smallest absolute Gasteiger partial charge is 0.0962 e. The summed E-state index contributed by atoms with van der Waals surface area (Å²) in [7, 11) is 0. The zero-order chi connectivity index (χ0) is 13.0. The SMILES string of the molecule is C[C@@]1(c2ccccc2)[C@@H](C#N)CON1CCC#N. The van der Waals surface area contributed by atoms with E-state index in [1.807, 2.05) is 37.3 Å². The van der Waals surface area contributed by atoms with Crippen LogP contribution in [0.15, 0.2) is 30.3 Å². The number of hydroxylamine groups is 2. The van der Waals surface area contributed by atoms with Crippen LogP contribution in [0.25, 0.3) is 0 Å². The van der Waals surface area contributed by atoms with Gasteiger partial charge in [-0.15, -0.1) is 0 Å². The molecule has 1 fully saturated rings. The summed E-state index contributed by atoms with van der Waals surface area (Å²) in [5, 5.41) is 19.8. The Balaban J connectivity index is 2.35. The molecule has 0 amide bonds. The maximum atomic E-state index is 9.28. The van der Waals surface area contributed by atoms with Crippen molar-refractivity contribution in [2.75, 3.05) is 13.2 Å². The van der Waals surface area contributed by atoms with Crippen LogP contribution in [0.4, 0.5) is 0 Å². The first-order chi connectivity index (χ1) is 8.73. The quantitative estimate of drug-likeness (QED) is 0.814. The molecule has 1 saturated heterocycles. The first kappa shape index (κ1) is 12.6. The van der Waals surface area contributed by atoms with Gasteiger partial charge in [0.2, 0.25) is 0 Å². The molecule has 0 saturated carbocycles. The van der Waals surface area contributed by atoms with Gasteiger partial charge >= 0.3 is 0 Å². The molecule has 0 aromatic heterocycles. The summed E-state index contributed by atoms with van der Waals surface area (Å²) >= 11 is 0. The van der Waals surface area contributed by atoms with Gasteiger partial charge in [-0.05, 0) is 12.5 Å². The molecular formula is C14H15N3O. The maximum Gasteiger partial charge on any atom is 0.0962 e. The van der Waals surface area contributed by atoms with Crippen LogP contribution >= 0.6 is 0 Å². The molecule has 4 nitrogen and oxygen atoms in total. The molecule has 0 N–H and O–H groups in total. The minimum atomic E-state index is -0.479. The molecule has 18 heavy (non-hydrogen) atoms. The lowest BCUT2D eigenvalue weighted by atomic mass is 9.81. The number of nitrogens with zero attached hydrogens (tertiary/aromatic N) is 3. The molecule has 1 aromatic carbocycles. The molecule has 1 aliphatic heterocycles. The molecule has 2 rings (SSSR count). The molecule has 4 heteroatoms. The summed E-state index contributed by atoms with van der Waals surface area (Å²) in [6.45, 7) is 2.90. The maximum absolute atomic E-state index is 9.28. The lowest BCUT2D eigenvalue weighted by Gasteiger charge is -2.34. The van der Waals surface area contributed by atoms with E-state index in [0.717, 1.165) is 5.56 Å². The van der Waals surface area contributed by atoms with Crippen molar-refractivity contribution in [1.82, 2.24) is 5.06 Å². The van der Waals surface area contributed by atoms with Gasteiger partial charge in [0.15, 0.2) is 0 Å². The molecule has 0 radical (unpaired) electrons. The van der Waals surface area contributed by atoms with Crippen molar-refractivity contribution in [3.05, 3.63) is 35.9 Å². The van der Waals surface area contributed by atoms with E-state index in [4.69, 9.17) is 10.1 Å². The van der Waals surface area contributed by atoms with E-state index in [0.29, 0.717) is 19.6 Å². The van der Waals surface area contributed by atoms with E-state index in [-0.39, 0.29) is 5.92 Å². The molecule has 0 unspecified atom stereocenters. The van der Waals surface area contributed by atoms with Gasteiger partial charge in [-0.25, -0.2) is 0 Å². The van der Waals surface area contributed by atoms with Crippen molar-refractivity contribution in [2.45, 2.75) is 18.9 Å². The minimum Gasteiger partial charge on any atom is -0.297 e. The van der Waals surface area contributed by atoms with Crippen LogP contribution in [-0.2, 0) is 10.4 Å². The van der Waals surface area contributed by atoms with Gasteiger partial charge in [0.25, 0.3) is 0 Å². The highest BCUT2D eigenvalue weighted by Crippen LogP contribution is 2.41. The molecule has 92 valence electrons. The fourth-order valence-electron chi connectivity index (χ4n) is 2.37. The van der Waals surface area contributed by atoms with Crippen LogP contribution in [0, 0.1) is 28.6 Å². The van der Waals surface area contributed by atoms with Gasteiger partial charge in [-0.2, -0.15) is 15.6 Å². The van der Waals surface area contributed by atoms with Crippen LogP contribution in [0.2, 0.25) is 0 Å². The molecule has 0 spiro atoms. The zero-order valence-electron chi connectivity index (χ0n) is 10.3. The van der Waals surface area contributed by atoms with Crippen molar-refractivity contribution in [2.24, 2.45) is 5.92 Å². The molecule has 2 atom stereocenters. The lowest BCUT2D eigenvalue weighted by molar-refractivity contribution is -0.161. The Labute approximate surface area is 107 Å². The van der Waals surface area contributed by atoms with Gasteiger partial charge in [-0.3, -0.25) is 4.84 Å². The monoisotopic (exact) mass is 241 g/mol. The summed E-state index contributed by atoms with van der Waals surface area (Å²) in [6, 6.07) is 14.3. The first-order valence-electron chi connectivity index (χ1n) is 5.96. The molecular weight excluding hydrogens is 226 g/mol. The van der Waals surface area contributed by atoms with Crippen LogP contribution in [-0.4, -0.2) is 18.2 Å². The highest BCUT2D eigenvalue weighted by molar-refractivity contribution is 5.27. The van der Waals surface area contributed by atoms with Gasteiger partial charge in [-0.1, -0.05) is 30.3 Å². The fraction of sp³-hybridized carbons (Fsp3) is 0.429. The normalized spacial score (nSPS) is 27.6. The number of nitriles is 2. The molecule has 1 aromatic rings. The average Bonchev–Trinajstić information content (AvgIpc) is 2.75. The number of hydrogen-bond acceptors (Lipinski definition) is 4. The Bertz CT molecular complexity index is 488. The Morgan fingerprint density at radius 1 is 1.39 bits per heavy atom. The second kappa shape index (κ2) is 5.18. The number of rotatable bonds is 3. The standard InChI is InChI=1S/C14H15N3O/c1-14(12-6-3-2-4-7-12)13(10-16)11-18-17(14)9-5-8-15/h2-4,6-7,13H,5,9,11H2,1H3/t13-,14+/m0/s1. The predicted molar refractivity (Wildman–Crippen MR) is 65.8 cm³/mol. The Hall–Kier alpha value is -1.88. The summed E-state index contributed by atoms with van der Waals surface area (Å²) in [6.07, 6.45) is 0.389. The number of hydrogen-bond donors (Lipinski definition) is 0. The van der Waals surface area contributed by atoms with E-state index in [2.05, 4.69) is 12.1 Å². The third-order valence-corrected chi connectivity index (χ3v) is 3.53. The second-order valence-electron chi connectivity index (χ2n) is 4.50. The average molecular weight is 241 g/mol. The van der Waals surface area contributed by atoms with Crippen LogP contribution in [0.3, 0.4) is 0 Å². The summed E-state index contributed by atoms with van der Waals surface area (Å²) in [5.74, 6) is -0.224. The molecule has 1 aliphatic rings. The molecule has 0 bridgehead atoms. The van der Waals surface area contributed by atoms with E-state index in [9.17, 15) is 5.26 Å². The largest absolute Gasteiger partial charge is 0.297 e. The first-order valence-corrected chi connectivity index (χ1v) is 5.96. The highest BCUT2D eigenvalue weighted by Gasteiger charge is 2.47. The van der Waals surface area contributed by atoms with Gasteiger partial charge < -0.3 is 0 Å². The minimum absolute atomic E-state index is 0.224. The summed E-state index contributed by atoms with van der Waals surface area (Å²) in [5.41, 5.74) is 0.569. The highest BCUT2D eigenvalue weighted by atomic mass is 16.7. The van der Waals surface area contributed by atoms with Crippen molar-refractivity contribution in [3.63, 3.8) is 0 Å². The Kier molecular flexibility index (Phi) is 3.62. The van der Waals surface area contributed by atoms with Crippen LogP contribution in [0.1, 0.15) is 18.9 Å². The lowest BCUT2D eigenvalue weighted by Crippen LogP contribution is -2.42. The number of benzene rings is 1. The second-order valence-corrected chi connectivity index (χ2v) is 4.50. The van der Waals surface area contributed by atoms with Crippen molar-refractivity contribution in [3.8, 4) is 12.1 Å². The van der Waals surface area contributed by atoms with Gasteiger partial charge in [0.1, 0.15) is 0 Å². The van der Waals surface area contributed by atoms with Crippen molar-refractivity contribution < 1.29 is 4.84 Å². The molecule has 0 aliphatic carbocycles. The van der Waals surface area contributed by atoms with Crippen LogP contribution in [0.5, 0.6) is 0 Å². The summed E-state index contributed by atoms with van der Waals surface area (Å²) in [4.78, 5) is 5.59.